The maximum Gasteiger partial charge on any atom is 3.00 e. The third-order valence-electron chi connectivity index (χ3n) is 2.28. The summed E-state index contributed by atoms with van der Waals surface area (Å²) in [5.74, 6) is 10.9. The smallest absolute Gasteiger partial charge is 1.00 e. The molecule has 2 atom stereocenters. The van der Waals surface area contributed by atoms with E-state index in [9.17, 15) is 0 Å². The van der Waals surface area contributed by atoms with Crippen molar-refractivity contribution in [1.82, 2.24) is 0 Å². The number of hydrogen-bond donors (Lipinski definition) is 0. The van der Waals surface area contributed by atoms with Gasteiger partial charge in [0.05, 0.1) is 0 Å². The van der Waals surface area contributed by atoms with Crippen LogP contribution in [0.3, 0.4) is 0 Å². The van der Waals surface area contributed by atoms with Gasteiger partial charge >= 0.3 is 25.8 Å². The first kappa shape index (κ1) is 15.4. The van der Waals surface area contributed by atoms with Crippen LogP contribution in [-0.2, 0) is 25.8 Å². The Hall–Kier alpha value is 0.430. The fourth-order valence-corrected chi connectivity index (χ4v) is 2.76. The summed E-state index contributed by atoms with van der Waals surface area (Å²) in [6, 6.07) is 0. The molecule has 0 fully saturated rings. The van der Waals surface area contributed by atoms with Crippen LogP contribution in [0, 0.1) is 39.3 Å². The summed E-state index contributed by atoms with van der Waals surface area (Å²) in [5.41, 5.74) is 5.47. The Morgan fingerprint density at radius 1 is 0.867 bits per heavy atom. The Balaban J connectivity index is 0. The summed E-state index contributed by atoms with van der Waals surface area (Å²) in [7, 11) is 1.64. The molecule has 15 heavy (non-hydrogen) atoms. The minimum Gasteiger partial charge on any atom is -1.00 e. The molecule has 2 aromatic rings. The molecule has 0 aliphatic rings. The first-order chi connectivity index (χ1) is 6.61. The number of rotatable bonds is 0. The SMILES string of the molecule is Cc1[c-][pH]cc1C.Cc1[c-][pH]cc1C.[H-].[Sc+3]. The van der Waals surface area contributed by atoms with Crippen molar-refractivity contribution in [2.75, 3.05) is 0 Å². The third kappa shape index (κ3) is 5.34. The van der Waals surface area contributed by atoms with Gasteiger partial charge in [0.15, 0.2) is 0 Å². The van der Waals surface area contributed by atoms with Gasteiger partial charge in [-0.05, 0) is 0 Å². The third-order valence-corrected chi connectivity index (χ3v) is 4.47. The first-order valence-corrected chi connectivity index (χ1v) is 6.81. The fraction of sp³-hybridized carbons (Fsp3) is 0.333. The van der Waals surface area contributed by atoms with E-state index in [4.69, 9.17) is 0 Å². The molecule has 2 aromatic heterocycles. The zero-order chi connectivity index (χ0) is 10.6. The van der Waals surface area contributed by atoms with Crippen LogP contribution < -0.4 is 0 Å². The van der Waals surface area contributed by atoms with Crippen LogP contribution in [-0.4, -0.2) is 0 Å². The Morgan fingerprint density at radius 3 is 1.27 bits per heavy atom. The van der Waals surface area contributed by atoms with Gasteiger partial charge < -0.3 is 1.43 Å². The second-order valence-electron chi connectivity index (χ2n) is 3.44. The largest absolute Gasteiger partial charge is 3.00 e. The van der Waals surface area contributed by atoms with Crippen molar-refractivity contribution in [3.05, 3.63) is 45.4 Å². The summed E-state index contributed by atoms with van der Waals surface area (Å²) in [5, 5.41) is 0. The molecular formula is C12H17P2Sc. The van der Waals surface area contributed by atoms with Crippen LogP contribution in [0.15, 0.2) is 11.6 Å². The van der Waals surface area contributed by atoms with Crippen molar-refractivity contribution in [3.8, 4) is 0 Å². The van der Waals surface area contributed by atoms with Crippen molar-refractivity contribution in [3.63, 3.8) is 0 Å². The standard InChI is InChI=1S/2C6H8P.Sc.H/c2*1-5-3-7-4-6(5)2;;/h2*3,7H,1-2H3;;/q2*-1;+3;-1. The van der Waals surface area contributed by atoms with Crippen molar-refractivity contribution in [2.24, 2.45) is 0 Å². The normalized spacial score (nSPS) is 9.87. The van der Waals surface area contributed by atoms with Crippen LogP contribution in [0.5, 0.6) is 0 Å². The Morgan fingerprint density at radius 2 is 1.20 bits per heavy atom. The predicted octanol–water partition coefficient (Wildman–Crippen LogP) is 4.38. The van der Waals surface area contributed by atoms with Gasteiger partial charge in [0, 0.05) is 0 Å². The van der Waals surface area contributed by atoms with E-state index < -0.39 is 0 Å². The summed E-state index contributed by atoms with van der Waals surface area (Å²) in [6.45, 7) is 8.46. The maximum absolute atomic E-state index is 3.22. The molecule has 3 heteroatoms. The molecule has 0 aliphatic heterocycles. The van der Waals surface area contributed by atoms with Crippen molar-refractivity contribution < 1.29 is 27.3 Å². The molecule has 78 valence electrons. The van der Waals surface area contributed by atoms with E-state index in [0.717, 1.165) is 16.4 Å². The van der Waals surface area contributed by atoms with Crippen LogP contribution in [0.4, 0.5) is 0 Å². The van der Waals surface area contributed by atoms with Crippen LogP contribution in [0.25, 0.3) is 0 Å². The molecule has 2 unspecified atom stereocenters. The van der Waals surface area contributed by atoms with E-state index in [-0.39, 0.29) is 27.3 Å². The quantitative estimate of drug-likeness (QED) is 0.622. The Labute approximate surface area is 116 Å². The molecule has 0 saturated heterocycles. The number of hydrogen-bond acceptors (Lipinski definition) is 0. The monoisotopic (exact) mass is 268 g/mol. The molecule has 0 spiro atoms. The molecule has 0 N–H and O–H groups in total. The van der Waals surface area contributed by atoms with Gasteiger partial charge in [0.1, 0.15) is 0 Å². The van der Waals surface area contributed by atoms with E-state index in [1.807, 2.05) is 0 Å². The zero-order valence-electron chi connectivity index (χ0n) is 10.7. The minimum absolute atomic E-state index is 0. The molecule has 0 amide bonds. The van der Waals surface area contributed by atoms with Gasteiger partial charge in [-0.15, -0.1) is 0 Å². The van der Waals surface area contributed by atoms with Crippen LogP contribution >= 0.6 is 16.4 Å². The molecule has 2 heterocycles. The maximum atomic E-state index is 3.22. The predicted molar refractivity (Wildman–Crippen MR) is 69.6 cm³/mol. The van der Waals surface area contributed by atoms with E-state index in [1.165, 1.54) is 22.3 Å². The van der Waals surface area contributed by atoms with Crippen LogP contribution in [0.1, 0.15) is 23.7 Å². The van der Waals surface area contributed by atoms with E-state index in [2.05, 4.69) is 50.9 Å². The Kier molecular flexibility index (Phi) is 7.88. The van der Waals surface area contributed by atoms with E-state index >= 15 is 0 Å². The van der Waals surface area contributed by atoms with Crippen LogP contribution in [0.2, 0.25) is 0 Å². The summed E-state index contributed by atoms with van der Waals surface area (Å²) in [4.78, 5) is 0. The number of aryl methyl sites for hydroxylation is 4. The van der Waals surface area contributed by atoms with Gasteiger partial charge in [-0.2, -0.15) is 45.4 Å². The molecule has 0 bridgehead atoms. The average Bonchev–Trinajstić information content (AvgIpc) is 2.67. The molecule has 0 saturated carbocycles. The van der Waals surface area contributed by atoms with Gasteiger partial charge in [-0.3, -0.25) is 16.4 Å². The van der Waals surface area contributed by atoms with Gasteiger partial charge in [-0.25, -0.2) is 0 Å². The minimum atomic E-state index is 0. The topological polar surface area (TPSA) is 0 Å². The van der Waals surface area contributed by atoms with Crippen molar-refractivity contribution in [1.29, 1.82) is 0 Å². The van der Waals surface area contributed by atoms with E-state index in [0.29, 0.717) is 0 Å². The molecule has 0 aliphatic carbocycles. The molecular weight excluding hydrogens is 251 g/mol. The van der Waals surface area contributed by atoms with Crippen molar-refractivity contribution in [2.45, 2.75) is 27.7 Å². The average molecular weight is 268 g/mol. The van der Waals surface area contributed by atoms with Crippen molar-refractivity contribution >= 4 is 16.4 Å². The second-order valence-corrected chi connectivity index (χ2v) is 5.10. The van der Waals surface area contributed by atoms with E-state index in [1.54, 1.807) is 0 Å². The Bertz CT molecular complexity index is 322. The van der Waals surface area contributed by atoms with Gasteiger partial charge in [0.25, 0.3) is 0 Å². The van der Waals surface area contributed by atoms with Gasteiger partial charge in [0.2, 0.25) is 0 Å². The fourth-order valence-electron chi connectivity index (χ4n) is 0.919. The molecule has 0 radical (unpaired) electrons. The molecule has 2 rings (SSSR count). The second kappa shape index (κ2) is 7.66. The van der Waals surface area contributed by atoms with Gasteiger partial charge in [-0.1, -0.05) is 27.7 Å². The zero-order valence-corrected chi connectivity index (χ0v) is 13.5. The molecule has 0 aromatic carbocycles. The summed E-state index contributed by atoms with van der Waals surface area (Å²) < 4.78 is 0. The first-order valence-electron chi connectivity index (χ1n) is 4.65. The molecule has 0 nitrogen and oxygen atoms in total. The summed E-state index contributed by atoms with van der Waals surface area (Å²) in [6.07, 6.45) is 0. The summed E-state index contributed by atoms with van der Waals surface area (Å²) >= 11 is 0.